The fraction of sp³-hybridized carbons (Fsp3) is 0.364. The summed E-state index contributed by atoms with van der Waals surface area (Å²) >= 11 is 4.04. The molecule has 0 amide bonds. The molecule has 0 bridgehead atoms. The minimum Gasteiger partial charge on any atom is -0.542 e. The third-order valence-electron chi connectivity index (χ3n) is 2.56. The lowest BCUT2D eigenvalue weighted by Gasteiger charge is -2.20. The molecule has 90 valence electrons. The zero-order valence-corrected chi connectivity index (χ0v) is 12.4. The minimum atomic E-state index is -0.166. The Morgan fingerprint density at radius 3 is 3.24 bits per heavy atom. The molecule has 0 N–H and O–H groups in total. The number of benzene rings is 1. The highest BCUT2D eigenvalue weighted by Gasteiger charge is 2.22. The molecule has 17 heavy (non-hydrogen) atoms. The van der Waals surface area contributed by atoms with Gasteiger partial charge in [0.1, 0.15) is 5.75 Å². The van der Waals surface area contributed by atoms with E-state index in [9.17, 15) is 4.79 Å². The number of aryl methyl sites for hydroxylation is 1. The van der Waals surface area contributed by atoms with E-state index in [1.54, 1.807) is 11.6 Å². The van der Waals surface area contributed by atoms with Gasteiger partial charge in [0.2, 0.25) is 0 Å². The molecule has 0 fully saturated rings. The highest BCUT2D eigenvalue weighted by molar-refractivity contribution is 14.1. The van der Waals surface area contributed by atoms with Crippen molar-refractivity contribution in [2.45, 2.75) is 18.6 Å². The summed E-state index contributed by atoms with van der Waals surface area (Å²) in [6.07, 6.45) is 1.15. The van der Waals surface area contributed by atoms with Gasteiger partial charge < -0.3 is 9.39 Å². The van der Waals surface area contributed by atoms with Crippen molar-refractivity contribution >= 4 is 44.0 Å². The van der Waals surface area contributed by atoms with Crippen LogP contribution >= 0.6 is 34.0 Å². The van der Waals surface area contributed by atoms with Crippen molar-refractivity contribution in [1.29, 1.82) is 0 Å². The molecule has 0 radical (unpaired) electrons. The SMILES string of the molecule is COC(=O)CCc1ccc2c(c1)CSB(I)O2. The van der Waals surface area contributed by atoms with Gasteiger partial charge in [0, 0.05) is 17.7 Å². The van der Waals surface area contributed by atoms with Crippen molar-refractivity contribution in [2.75, 3.05) is 7.11 Å². The molecule has 0 aliphatic carbocycles. The summed E-state index contributed by atoms with van der Waals surface area (Å²) in [5.74, 6) is 1.76. The summed E-state index contributed by atoms with van der Waals surface area (Å²) in [5.41, 5.74) is 2.37. The van der Waals surface area contributed by atoms with E-state index in [1.807, 2.05) is 12.1 Å². The van der Waals surface area contributed by atoms with Gasteiger partial charge >= 0.3 is 10.0 Å². The van der Waals surface area contributed by atoms with E-state index >= 15 is 0 Å². The Labute approximate surface area is 119 Å². The second-order valence-corrected chi connectivity index (χ2v) is 6.75. The number of fused-ring (bicyclic) bond motifs is 1. The first-order chi connectivity index (χ1) is 8.19. The Hall–Kier alpha value is -0.365. The van der Waals surface area contributed by atoms with Crippen molar-refractivity contribution in [1.82, 2.24) is 0 Å². The molecule has 1 heterocycles. The molecule has 0 spiro atoms. The summed E-state index contributed by atoms with van der Waals surface area (Å²) in [5, 5.41) is 0. The molecule has 0 aromatic heterocycles. The van der Waals surface area contributed by atoms with Crippen LogP contribution in [0.3, 0.4) is 0 Å². The maximum Gasteiger partial charge on any atom is 0.500 e. The lowest BCUT2D eigenvalue weighted by atomic mass is 10.1. The van der Waals surface area contributed by atoms with Gasteiger partial charge in [0.25, 0.3) is 0 Å². The van der Waals surface area contributed by atoms with Crippen molar-refractivity contribution in [2.24, 2.45) is 0 Å². The molecule has 0 atom stereocenters. The van der Waals surface area contributed by atoms with Gasteiger partial charge in [-0.05, 0) is 18.1 Å². The van der Waals surface area contributed by atoms with Crippen molar-refractivity contribution in [3.63, 3.8) is 0 Å². The lowest BCUT2D eigenvalue weighted by Crippen LogP contribution is -2.15. The molecule has 2 rings (SSSR count). The van der Waals surface area contributed by atoms with Crippen LogP contribution < -0.4 is 4.65 Å². The average molecular weight is 362 g/mol. The van der Waals surface area contributed by atoms with Crippen molar-refractivity contribution in [3.8, 4) is 5.75 Å². The number of carbonyl (C=O) groups is 1. The number of esters is 1. The molecule has 6 heteroatoms. The van der Waals surface area contributed by atoms with Gasteiger partial charge in [-0.25, -0.2) is 0 Å². The Bertz CT molecular complexity index is 427. The molecule has 0 saturated carbocycles. The third-order valence-corrected chi connectivity index (χ3v) is 4.73. The van der Waals surface area contributed by atoms with Crippen LogP contribution in [-0.4, -0.2) is 17.1 Å². The Morgan fingerprint density at radius 2 is 2.47 bits per heavy atom. The van der Waals surface area contributed by atoms with Gasteiger partial charge in [-0.1, -0.05) is 34.5 Å². The molecule has 1 aromatic carbocycles. The smallest absolute Gasteiger partial charge is 0.500 e. The lowest BCUT2D eigenvalue weighted by molar-refractivity contribution is -0.140. The molecule has 1 aromatic rings. The van der Waals surface area contributed by atoms with E-state index in [4.69, 9.17) is 4.65 Å². The zero-order chi connectivity index (χ0) is 12.3. The normalized spacial score (nSPS) is 13.9. The van der Waals surface area contributed by atoms with Gasteiger partial charge in [0.05, 0.1) is 7.11 Å². The number of hydrogen-bond donors (Lipinski definition) is 0. The summed E-state index contributed by atoms with van der Waals surface area (Å²) < 4.78 is 10.5. The number of carbonyl (C=O) groups excluding carboxylic acids is 1. The van der Waals surface area contributed by atoms with Crippen LogP contribution in [0.25, 0.3) is 0 Å². The van der Waals surface area contributed by atoms with Crippen molar-refractivity contribution < 1.29 is 14.2 Å². The van der Waals surface area contributed by atoms with E-state index in [2.05, 4.69) is 33.2 Å². The predicted octanol–water partition coefficient (Wildman–Crippen LogP) is 2.84. The molecule has 3 nitrogen and oxygen atoms in total. The maximum absolute atomic E-state index is 11.1. The van der Waals surface area contributed by atoms with E-state index in [-0.39, 0.29) is 10.0 Å². The van der Waals surface area contributed by atoms with Crippen LogP contribution in [0.2, 0.25) is 0 Å². The number of halogens is 1. The van der Waals surface area contributed by atoms with E-state index in [0.29, 0.717) is 6.42 Å². The van der Waals surface area contributed by atoms with Crippen LogP contribution in [0, 0.1) is 0 Å². The van der Waals surface area contributed by atoms with Crippen LogP contribution in [0.5, 0.6) is 5.75 Å². The highest BCUT2D eigenvalue weighted by Crippen LogP contribution is 2.34. The summed E-state index contributed by atoms with van der Waals surface area (Å²) in [6.45, 7) is 0. The maximum atomic E-state index is 11.1. The highest BCUT2D eigenvalue weighted by atomic mass is 127. The minimum absolute atomic E-state index is 0.166. The summed E-state index contributed by atoms with van der Waals surface area (Å²) in [4.78, 5) is 11.1. The topological polar surface area (TPSA) is 35.5 Å². The second kappa shape index (κ2) is 5.99. The van der Waals surface area contributed by atoms with Gasteiger partial charge in [-0.15, -0.1) is 11.6 Å². The number of ether oxygens (including phenoxy) is 1. The van der Waals surface area contributed by atoms with E-state index in [1.165, 1.54) is 12.7 Å². The average Bonchev–Trinajstić information content (AvgIpc) is 2.35. The Morgan fingerprint density at radius 1 is 1.65 bits per heavy atom. The van der Waals surface area contributed by atoms with Gasteiger partial charge in [-0.3, -0.25) is 4.79 Å². The number of hydrogen-bond acceptors (Lipinski definition) is 4. The Kier molecular flexibility index (Phi) is 4.61. The molecule has 1 aliphatic rings. The standard InChI is InChI=1S/C11H12BIO3S/c1-15-11(14)5-3-8-2-4-10-9(6-8)7-17-12(13)16-10/h2,4,6H,3,5,7H2,1H3. The molecular weight excluding hydrogens is 350 g/mol. The first-order valence-corrected chi connectivity index (χ1v) is 7.59. The van der Waals surface area contributed by atoms with Crippen LogP contribution in [-0.2, 0) is 21.7 Å². The zero-order valence-electron chi connectivity index (χ0n) is 9.44. The number of rotatable bonds is 3. The monoisotopic (exact) mass is 362 g/mol. The van der Waals surface area contributed by atoms with Crippen LogP contribution in [0.1, 0.15) is 17.5 Å². The number of methoxy groups -OCH3 is 1. The molecule has 0 unspecified atom stereocenters. The first kappa shape index (κ1) is 13.1. The summed E-state index contributed by atoms with van der Waals surface area (Å²) in [6, 6.07) is 6.13. The van der Waals surface area contributed by atoms with Crippen LogP contribution in [0.15, 0.2) is 18.2 Å². The fourth-order valence-corrected chi connectivity index (χ4v) is 3.17. The van der Waals surface area contributed by atoms with Gasteiger partial charge in [-0.2, -0.15) is 0 Å². The quantitative estimate of drug-likeness (QED) is 0.471. The summed E-state index contributed by atoms with van der Waals surface area (Å²) in [7, 11) is 1.42. The van der Waals surface area contributed by atoms with E-state index in [0.717, 1.165) is 23.5 Å². The molecule has 0 saturated heterocycles. The van der Waals surface area contributed by atoms with E-state index < -0.39 is 0 Å². The van der Waals surface area contributed by atoms with Crippen LogP contribution in [0.4, 0.5) is 0 Å². The predicted molar refractivity (Wildman–Crippen MR) is 78.5 cm³/mol. The van der Waals surface area contributed by atoms with Crippen molar-refractivity contribution in [3.05, 3.63) is 29.3 Å². The van der Waals surface area contributed by atoms with Gasteiger partial charge in [0.15, 0.2) is 0 Å². The first-order valence-electron chi connectivity index (χ1n) is 5.30. The second-order valence-electron chi connectivity index (χ2n) is 3.72. The largest absolute Gasteiger partial charge is 0.542 e. The Balaban J connectivity index is 2.04. The third kappa shape index (κ3) is 3.54. The molecule has 1 aliphatic heterocycles. The molecular formula is C11H12BIO3S. The fourth-order valence-electron chi connectivity index (χ4n) is 1.65.